The van der Waals surface area contributed by atoms with E-state index in [1.165, 1.54) is 11.1 Å². The molecule has 0 bridgehead atoms. The lowest BCUT2D eigenvalue weighted by Crippen LogP contribution is -2.12. The summed E-state index contributed by atoms with van der Waals surface area (Å²) in [5, 5.41) is 11.1. The summed E-state index contributed by atoms with van der Waals surface area (Å²) >= 11 is 0. The predicted molar refractivity (Wildman–Crippen MR) is 138 cm³/mol. The van der Waals surface area contributed by atoms with Crippen molar-refractivity contribution in [3.05, 3.63) is 58.7 Å². The molecule has 0 radical (unpaired) electrons. The van der Waals surface area contributed by atoms with Crippen LogP contribution in [0, 0.1) is 13.8 Å². The van der Waals surface area contributed by atoms with Crippen molar-refractivity contribution in [2.24, 2.45) is 0 Å². The van der Waals surface area contributed by atoms with Gasteiger partial charge in [-0.1, -0.05) is 71.9 Å². The van der Waals surface area contributed by atoms with E-state index in [0.29, 0.717) is 16.9 Å². The van der Waals surface area contributed by atoms with Crippen LogP contribution in [0.5, 0.6) is 5.75 Å². The maximum atomic E-state index is 11.7. The van der Waals surface area contributed by atoms with Gasteiger partial charge in [0.2, 0.25) is 5.65 Å². The van der Waals surface area contributed by atoms with Crippen LogP contribution in [-0.4, -0.2) is 20.4 Å². The third-order valence-corrected chi connectivity index (χ3v) is 6.54. The Morgan fingerprint density at radius 1 is 0.824 bits per heavy atom. The van der Waals surface area contributed by atoms with Gasteiger partial charge in [-0.3, -0.25) is 0 Å². The number of aromatic nitrogens is 4. The van der Waals surface area contributed by atoms with Gasteiger partial charge in [0.05, 0.1) is 11.3 Å². The molecule has 6 nitrogen and oxygen atoms in total. The van der Waals surface area contributed by atoms with Crippen molar-refractivity contribution < 1.29 is 9.09 Å². The van der Waals surface area contributed by atoms with Gasteiger partial charge in [-0.15, -0.1) is 5.10 Å². The second-order valence-corrected chi connectivity index (χ2v) is 11.2. The van der Waals surface area contributed by atoms with E-state index in [1.54, 1.807) is 0 Å². The van der Waals surface area contributed by atoms with E-state index in [0.717, 1.165) is 33.5 Å². The summed E-state index contributed by atoms with van der Waals surface area (Å²) in [6, 6.07) is 12.9. The molecule has 0 aliphatic carbocycles. The van der Waals surface area contributed by atoms with Crippen molar-refractivity contribution in [1.29, 1.82) is 0 Å². The molecule has 0 unspecified atom stereocenters. The highest BCUT2D eigenvalue weighted by molar-refractivity contribution is 7.17. The van der Waals surface area contributed by atoms with Gasteiger partial charge in [0, 0.05) is 5.56 Å². The summed E-state index contributed by atoms with van der Waals surface area (Å²) in [6.45, 7) is 17.3. The molecule has 0 atom stereocenters. The van der Waals surface area contributed by atoms with Gasteiger partial charge in [-0.2, -0.15) is 10.3 Å². The molecule has 176 valence electrons. The number of H-pyrrole nitrogens is 1. The van der Waals surface area contributed by atoms with Gasteiger partial charge >= 0.3 is 8.69 Å². The minimum atomic E-state index is -0.465. The molecule has 7 heteroatoms. The molecule has 0 fully saturated rings. The van der Waals surface area contributed by atoms with Crippen LogP contribution in [-0.2, 0) is 15.4 Å². The molecular formula is C27H31N4O2P. The Kier molecular flexibility index (Phi) is 6.07. The van der Waals surface area contributed by atoms with Gasteiger partial charge in [-0.05, 0) is 58.6 Å². The van der Waals surface area contributed by atoms with Crippen LogP contribution in [0.15, 0.2) is 36.4 Å². The lowest BCUT2D eigenvalue weighted by atomic mass is 9.82. The van der Waals surface area contributed by atoms with Crippen LogP contribution < -0.4 is 4.52 Å². The minimum absolute atomic E-state index is 0.0321. The number of pyridine rings is 1. The molecule has 0 aliphatic heterocycles. The minimum Gasteiger partial charge on any atom is -0.404 e. The average Bonchev–Trinajstić information content (AvgIpc) is 3.22. The molecule has 2 aromatic heterocycles. The molecule has 2 aromatic carbocycles. The molecule has 0 aliphatic rings. The molecule has 0 saturated carbocycles. The van der Waals surface area contributed by atoms with Crippen LogP contribution in [0.25, 0.3) is 33.5 Å². The fraction of sp³-hybridized carbons (Fsp3) is 0.370. The lowest BCUT2D eigenvalue weighted by molar-refractivity contribution is 0.527. The highest BCUT2D eigenvalue weighted by Gasteiger charge is 2.26. The summed E-state index contributed by atoms with van der Waals surface area (Å²) in [4.78, 5) is 4.95. The molecule has 4 rings (SSSR count). The fourth-order valence-electron chi connectivity index (χ4n) is 4.12. The van der Waals surface area contributed by atoms with Crippen LogP contribution in [0.4, 0.5) is 0 Å². The van der Waals surface area contributed by atoms with Gasteiger partial charge < -0.3 is 4.52 Å². The lowest BCUT2D eigenvalue weighted by Gasteiger charge is -2.24. The number of nitrogens with zero attached hydrogens (tertiary/aromatic N) is 3. The molecule has 0 saturated heterocycles. The Balaban J connectivity index is 2.16. The van der Waals surface area contributed by atoms with E-state index in [2.05, 4.69) is 107 Å². The SMILES string of the molecule is Cc1ccc(C(C)(C)C)cc1-c1nc2n[nH]nc2c(OP=O)c1-c1cc(C(C)(C)C)ccc1C. The zero-order valence-corrected chi connectivity index (χ0v) is 22.0. The highest BCUT2D eigenvalue weighted by Crippen LogP contribution is 2.46. The molecule has 2 heterocycles. The van der Waals surface area contributed by atoms with Crippen LogP contribution in [0.2, 0.25) is 0 Å². The fourth-order valence-corrected chi connectivity index (χ4v) is 4.37. The van der Waals surface area contributed by atoms with E-state index in [9.17, 15) is 4.57 Å². The van der Waals surface area contributed by atoms with Crippen LogP contribution in [0.3, 0.4) is 0 Å². The van der Waals surface area contributed by atoms with Gasteiger partial charge in [-0.25, -0.2) is 9.55 Å². The van der Waals surface area contributed by atoms with E-state index < -0.39 is 8.69 Å². The molecule has 0 amide bonds. The van der Waals surface area contributed by atoms with Crippen molar-refractivity contribution >= 4 is 19.9 Å². The first-order valence-electron chi connectivity index (χ1n) is 11.4. The second-order valence-electron chi connectivity index (χ2n) is 10.9. The van der Waals surface area contributed by atoms with Crippen molar-refractivity contribution in [2.45, 2.75) is 66.2 Å². The first kappa shape index (κ1) is 24.0. The largest absolute Gasteiger partial charge is 0.404 e. The number of nitrogens with one attached hydrogen (secondary N) is 1. The smallest absolute Gasteiger partial charge is 0.395 e. The van der Waals surface area contributed by atoms with Gasteiger partial charge in [0.25, 0.3) is 0 Å². The van der Waals surface area contributed by atoms with E-state index in [1.807, 2.05) is 0 Å². The van der Waals surface area contributed by atoms with Crippen molar-refractivity contribution in [3.8, 4) is 28.1 Å². The molecule has 1 N–H and O–H groups in total. The number of aromatic amines is 1. The Bertz CT molecular complexity index is 1390. The summed E-state index contributed by atoms with van der Waals surface area (Å²) in [5.41, 5.74) is 8.78. The number of fused-ring (bicyclic) bond motifs is 1. The Labute approximate surface area is 202 Å². The maximum absolute atomic E-state index is 11.7. The number of rotatable bonds is 4. The number of hydrogen-bond donors (Lipinski definition) is 1. The third kappa shape index (κ3) is 4.35. The van der Waals surface area contributed by atoms with Gasteiger partial charge in [0.1, 0.15) is 0 Å². The summed E-state index contributed by atoms with van der Waals surface area (Å²) in [7, 11) is -0.465. The number of benzene rings is 2. The molecule has 34 heavy (non-hydrogen) atoms. The topological polar surface area (TPSA) is 80.8 Å². The highest BCUT2D eigenvalue weighted by atomic mass is 31.1. The van der Waals surface area contributed by atoms with Crippen molar-refractivity contribution in [1.82, 2.24) is 20.4 Å². The number of hydrogen-bond acceptors (Lipinski definition) is 5. The van der Waals surface area contributed by atoms with E-state index in [4.69, 9.17) is 9.51 Å². The second kappa shape index (κ2) is 8.59. The average molecular weight is 475 g/mol. The standard InChI is InChI=1S/C27H31N4O2P/c1-15-9-11-17(26(3,4)5)13-19(15)21-22(20-14-18(27(6,7)8)12-10-16(20)2)28-25-23(29-31-30-25)24(21)33-34-32/h9-14H,1-8H3,(H,28,29,30,31). The first-order valence-corrected chi connectivity index (χ1v) is 12.1. The van der Waals surface area contributed by atoms with E-state index >= 15 is 0 Å². The Morgan fingerprint density at radius 2 is 1.38 bits per heavy atom. The summed E-state index contributed by atoms with van der Waals surface area (Å²) in [6.07, 6.45) is 0. The summed E-state index contributed by atoms with van der Waals surface area (Å²) in [5.74, 6) is 0.403. The summed E-state index contributed by atoms with van der Waals surface area (Å²) < 4.78 is 17.4. The number of aryl methyl sites for hydroxylation is 2. The predicted octanol–water partition coefficient (Wildman–Crippen LogP) is 7.48. The van der Waals surface area contributed by atoms with Crippen molar-refractivity contribution in [2.75, 3.05) is 0 Å². The van der Waals surface area contributed by atoms with Gasteiger partial charge in [0.15, 0.2) is 11.3 Å². The Hall–Kier alpha value is -3.11. The quantitative estimate of drug-likeness (QED) is 0.310. The Morgan fingerprint density at radius 3 is 1.94 bits per heavy atom. The van der Waals surface area contributed by atoms with Crippen molar-refractivity contribution in [3.63, 3.8) is 0 Å². The zero-order valence-electron chi connectivity index (χ0n) is 21.1. The normalized spacial score (nSPS) is 12.5. The zero-order chi connectivity index (χ0) is 24.8. The monoisotopic (exact) mass is 474 g/mol. The van der Waals surface area contributed by atoms with E-state index in [-0.39, 0.29) is 10.8 Å². The van der Waals surface area contributed by atoms with Crippen LogP contribution >= 0.6 is 8.69 Å². The molecule has 4 aromatic rings. The first-order chi connectivity index (χ1) is 15.9. The third-order valence-electron chi connectivity index (χ3n) is 6.29. The molecule has 0 spiro atoms. The molecular weight excluding hydrogens is 443 g/mol. The maximum Gasteiger partial charge on any atom is 0.395 e. The van der Waals surface area contributed by atoms with Crippen LogP contribution in [0.1, 0.15) is 63.8 Å².